The molecule has 0 radical (unpaired) electrons. The molecule has 0 aliphatic carbocycles. The van der Waals surface area contributed by atoms with E-state index in [4.69, 9.17) is 10.5 Å². The van der Waals surface area contributed by atoms with Gasteiger partial charge in [-0.2, -0.15) is 0 Å². The van der Waals surface area contributed by atoms with E-state index in [-0.39, 0.29) is 17.7 Å². The molecule has 7 heteroatoms. The van der Waals surface area contributed by atoms with Crippen molar-refractivity contribution in [2.24, 2.45) is 11.7 Å². The average Bonchev–Trinajstić information content (AvgIpc) is 2.63. The van der Waals surface area contributed by atoms with Crippen molar-refractivity contribution in [2.45, 2.75) is 32.7 Å². The van der Waals surface area contributed by atoms with Gasteiger partial charge < -0.3 is 20.3 Å². The molecule has 2 saturated heterocycles. The summed E-state index contributed by atoms with van der Waals surface area (Å²) < 4.78 is 5.34. The molecule has 2 aliphatic rings. The van der Waals surface area contributed by atoms with Crippen LogP contribution in [0.25, 0.3) is 0 Å². The highest BCUT2D eigenvalue weighted by Gasteiger charge is 2.31. The molecular formula is C17H32N4O3. The Hall–Kier alpha value is -1.18. The van der Waals surface area contributed by atoms with E-state index in [1.165, 1.54) is 0 Å². The minimum atomic E-state index is -0.419. The second kappa shape index (κ2) is 9.34. The average molecular weight is 340 g/mol. The fraction of sp³-hybridized carbons (Fsp3) is 0.882. The van der Waals surface area contributed by atoms with Gasteiger partial charge in [0.2, 0.25) is 11.8 Å². The first-order valence-electron chi connectivity index (χ1n) is 9.19. The van der Waals surface area contributed by atoms with Gasteiger partial charge in [0.05, 0.1) is 12.6 Å². The van der Waals surface area contributed by atoms with E-state index >= 15 is 0 Å². The van der Waals surface area contributed by atoms with Gasteiger partial charge in [0.1, 0.15) is 0 Å². The lowest BCUT2D eigenvalue weighted by Gasteiger charge is -2.37. The maximum absolute atomic E-state index is 12.6. The van der Waals surface area contributed by atoms with E-state index in [2.05, 4.69) is 4.90 Å². The Morgan fingerprint density at radius 3 is 2.25 bits per heavy atom. The Bertz CT molecular complexity index is 414. The topological polar surface area (TPSA) is 79.1 Å². The number of carbonyl (C=O) groups is 2. The van der Waals surface area contributed by atoms with Gasteiger partial charge in [0, 0.05) is 52.5 Å². The first-order chi connectivity index (χ1) is 11.6. The smallest absolute Gasteiger partial charge is 0.239 e. The zero-order valence-electron chi connectivity index (χ0n) is 15.1. The third-order valence-corrected chi connectivity index (χ3v) is 5.22. The first kappa shape index (κ1) is 19.1. The van der Waals surface area contributed by atoms with Crippen molar-refractivity contribution in [1.29, 1.82) is 0 Å². The summed E-state index contributed by atoms with van der Waals surface area (Å²) in [6.07, 6.45) is 1.73. The van der Waals surface area contributed by atoms with Gasteiger partial charge in [0.15, 0.2) is 0 Å². The van der Waals surface area contributed by atoms with Crippen molar-refractivity contribution in [3.05, 3.63) is 0 Å². The number of nitrogens with two attached hydrogens (primary N) is 1. The summed E-state index contributed by atoms with van der Waals surface area (Å²) >= 11 is 0. The number of hydrogen-bond donors (Lipinski definition) is 1. The highest BCUT2D eigenvalue weighted by Crippen LogP contribution is 2.19. The molecule has 2 rings (SSSR count). The molecule has 24 heavy (non-hydrogen) atoms. The SMILES string of the molecule is CCN(CC)C(=O)CN1CCN(C(=O)C(N)C2CCOCC2)CC1. The van der Waals surface area contributed by atoms with Crippen LogP contribution in [0.15, 0.2) is 0 Å². The zero-order chi connectivity index (χ0) is 17.5. The van der Waals surface area contributed by atoms with Crippen LogP contribution in [-0.4, -0.2) is 91.6 Å². The molecule has 0 bridgehead atoms. The van der Waals surface area contributed by atoms with Crippen LogP contribution in [0.1, 0.15) is 26.7 Å². The zero-order valence-corrected chi connectivity index (χ0v) is 15.1. The lowest BCUT2D eigenvalue weighted by Crippen LogP contribution is -2.56. The molecule has 2 N–H and O–H groups in total. The molecule has 1 unspecified atom stereocenters. The van der Waals surface area contributed by atoms with Crippen LogP contribution in [0.4, 0.5) is 0 Å². The number of likely N-dealkylation sites (N-methyl/N-ethyl adjacent to an activating group) is 1. The monoisotopic (exact) mass is 340 g/mol. The molecule has 0 saturated carbocycles. The maximum Gasteiger partial charge on any atom is 0.239 e. The van der Waals surface area contributed by atoms with Crippen molar-refractivity contribution in [1.82, 2.24) is 14.7 Å². The number of amides is 2. The fourth-order valence-electron chi connectivity index (χ4n) is 3.48. The second-order valence-electron chi connectivity index (χ2n) is 6.64. The lowest BCUT2D eigenvalue weighted by molar-refractivity contribution is -0.137. The predicted molar refractivity (Wildman–Crippen MR) is 92.5 cm³/mol. The molecular weight excluding hydrogens is 308 g/mol. The van der Waals surface area contributed by atoms with Crippen LogP contribution >= 0.6 is 0 Å². The molecule has 138 valence electrons. The summed E-state index contributed by atoms with van der Waals surface area (Å²) in [7, 11) is 0. The molecule has 7 nitrogen and oxygen atoms in total. The Balaban J connectivity index is 1.77. The quantitative estimate of drug-likeness (QED) is 0.721. The normalized spacial score (nSPS) is 21.5. The minimum Gasteiger partial charge on any atom is -0.381 e. The number of hydrogen-bond acceptors (Lipinski definition) is 5. The standard InChI is InChI=1S/C17H32N4O3/c1-3-20(4-2)15(22)13-19-7-9-21(10-8-19)17(23)16(18)14-5-11-24-12-6-14/h14,16H,3-13,18H2,1-2H3. The molecule has 0 aromatic carbocycles. The Morgan fingerprint density at radius 1 is 1.12 bits per heavy atom. The summed E-state index contributed by atoms with van der Waals surface area (Å²) in [5.74, 6) is 0.448. The lowest BCUT2D eigenvalue weighted by atomic mass is 9.91. The first-order valence-corrected chi connectivity index (χ1v) is 9.19. The Kier molecular flexibility index (Phi) is 7.45. The summed E-state index contributed by atoms with van der Waals surface area (Å²) in [6.45, 7) is 10.1. The molecule has 2 fully saturated rings. The van der Waals surface area contributed by atoms with Crippen LogP contribution in [0.5, 0.6) is 0 Å². The third-order valence-electron chi connectivity index (χ3n) is 5.22. The Morgan fingerprint density at radius 2 is 1.71 bits per heavy atom. The van der Waals surface area contributed by atoms with Crippen LogP contribution < -0.4 is 5.73 Å². The molecule has 2 aliphatic heterocycles. The van der Waals surface area contributed by atoms with Crippen molar-refractivity contribution >= 4 is 11.8 Å². The Labute approximate surface area is 145 Å². The number of piperazine rings is 1. The molecule has 0 spiro atoms. The molecule has 2 heterocycles. The summed E-state index contributed by atoms with van der Waals surface area (Å²) in [4.78, 5) is 30.6. The summed E-state index contributed by atoms with van der Waals surface area (Å²) in [5.41, 5.74) is 6.19. The largest absolute Gasteiger partial charge is 0.381 e. The van der Waals surface area contributed by atoms with Gasteiger partial charge >= 0.3 is 0 Å². The van der Waals surface area contributed by atoms with Gasteiger partial charge in [-0.05, 0) is 32.6 Å². The molecule has 0 aromatic rings. The van der Waals surface area contributed by atoms with Crippen molar-refractivity contribution < 1.29 is 14.3 Å². The van der Waals surface area contributed by atoms with Crippen molar-refractivity contribution in [3.8, 4) is 0 Å². The van der Waals surface area contributed by atoms with E-state index in [1.807, 2.05) is 23.6 Å². The summed E-state index contributed by atoms with van der Waals surface area (Å²) in [6, 6.07) is -0.419. The number of ether oxygens (including phenoxy) is 1. The fourth-order valence-corrected chi connectivity index (χ4v) is 3.48. The van der Waals surface area contributed by atoms with Crippen LogP contribution in [-0.2, 0) is 14.3 Å². The third kappa shape index (κ3) is 4.91. The van der Waals surface area contributed by atoms with E-state index in [0.717, 1.165) is 39.0 Å². The van der Waals surface area contributed by atoms with E-state index in [9.17, 15) is 9.59 Å². The van der Waals surface area contributed by atoms with Gasteiger partial charge in [-0.15, -0.1) is 0 Å². The van der Waals surface area contributed by atoms with Gasteiger partial charge in [-0.3, -0.25) is 14.5 Å². The van der Waals surface area contributed by atoms with Crippen molar-refractivity contribution in [3.63, 3.8) is 0 Å². The number of nitrogens with zero attached hydrogens (tertiary/aromatic N) is 3. The van der Waals surface area contributed by atoms with Gasteiger partial charge in [-0.25, -0.2) is 0 Å². The molecule has 0 aromatic heterocycles. The van der Waals surface area contributed by atoms with Crippen LogP contribution in [0.2, 0.25) is 0 Å². The maximum atomic E-state index is 12.6. The van der Waals surface area contributed by atoms with Crippen molar-refractivity contribution in [2.75, 3.05) is 59.0 Å². The second-order valence-corrected chi connectivity index (χ2v) is 6.64. The highest BCUT2D eigenvalue weighted by molar-refractivity contribution is 5.82. The molecule has 1 atom stereocenters. The minimum absolute atomic E-state index is 0.0524. The summed E-state index contributed by atoms with van der Waals surface area (Å²) in [5, 5.41) is 0. The van der Waals surface area contributed by atoms with E-state index in [0.29, 0.717) is 32.8 Å². The van der Waals surface area contributed by atoms with Crippen LogP contribution in [0, 0.1) is 5.92 Å². The van der Waals surface area contributed by atoms with Gasteiger partial charge in [-0.1, -0.05) is 0 Å². The van der Waals surface area contributed by atoms with Crippen LogP contribution in [0.3, 0.4) is 0 Å². The predicted octanol–water partition coefficient (Wildman–Crippen LogP) is -0.247. The van der Waals surface area contributed by atoms with E-state index in [1.54, 1.807) is 0 Å². The van der Waals surface area contributed by atoms with E-state index < -0.39 is 6.04 Å². The highest BCUT2D eigenvalue weighted by atomic mass is 16.5. The number of carbonyl (C=O) groups excluding carboxylic acids is 2. The number of rotatable bonds is 6. The molecule has 2 amide bonds. The van der Waals surface area contributed by atoms with Gasteiger partial charge in [0.25, 0.3) is 0 Å².